The predicted octanol–water partition coefficient (Wildman–Crippen LogP) is 3.36. The number of nitrogens with zero attached hydrogens (tertiary/aromatic N) is 2. The molecule has 27 heavy (non-hydrogen) atoms. The van der Waals surface area contributed by atoms with Crippen LogP contribution in [0.4, 0.5) is 0 Å². The van der Waals surface area contributed by atoms with E-state index in [0.29, 0.717) is 5.52 Å². The zero-order valence-corrected chi connectivity index (χ0v) is 16.2. The van der Waals surface area contributed by atoms with E-state index in [1.54, 1.807) is 24.5 Å². The minimum absolute atomic E-state index is 0.136. The molecule has 1 aliphatic rings. The van der Waals surface area contributed by atoms with Gasteiger partial charge in [-0.25, -0.2) is 0 Å². The molecular formula is C20H21N3O3S. The fraction of sp³-hybridized carbons (Fsp3) is 0.200. The first-order valence-corrected chi connectivity index (χ1v) is 9.99. The van der Waals surface area contributed by atoms with Crippen molar-refractivity contribution in [2.24, 2.45) is 0 Å². The van der Waals surface area contributed by atoms with Crippen molar-refractivity contribution in [3.05, 3.63) is 71.0 Å². The highest BCUT2D eigenvalue weighted by molar-refractivity contribution is 7.86. The maximum Gasteiger partial charge on any atom is 0.303 e. The maximum atomic E-state index is 13.1. The van der Waals surface area contributed by atoms with Crippen molar-refractivity contribution < 1.29 is 13.5 Å². The van der Waals surface area contributed by atoms with Gasteiger partial charge in [-0.3, -0.25) is 4.31 Å². The van der Waals surface area contributed by atoms with E-state index in [-0.39, 0.29) is 5.75 Å². The number of aromatic nitrogens is 1. The zero-order valence-electron chi connectivity index (χ0n) is 15.3. The Balaban J connectivity index is 2.03. The van der Waals surface area contributed by atoms with Gasteiger partial charge in [0.1, 0.15) is 5.75 Å². The summed E-state index contributed by atoms with van der Waals surface area (Å²) >= 11 is 0. The fourth-order valence-electron chi connectivity index (χ4n) is 3.67. The summed E-state index contributed by atoms with van der Waals surface area (Å²) in [6.07, 6.45) is 5.22. The van der Waals surface area contributed by atoms with Gasteiger partial charge in [-0.05, 0) is 35.8 Å². The summed E-state index contributed by atoms with van der Waals surface area (Å²) in [6.45, 7) is 1.98. The topological polar surface area (TPSA) is 76.6 Å². The molecule has 2 aromatic carbocycles. The van der Waals surface area contributed by atoms with E-state index in [1.807, 2.05) is 37.3 Å². The number of fused-ring (bicyclic) bond motifs is 2. The summed E-state index contributed by atoms with van der Waals surface area (Å²) in [5.74, 6) is 0.136. The number of hydrogen-bond acceptors (Lipinski definition) is 3. The van der Waals surface area contributed by atoms with Crippen molar-refractivity contribution >= 4 is 27.2 Å². The summed E-state index contributed by atoms with van der Waals surface area (Å²) in [4.78, 5) is 3.10. The second-order valence-electron chi connectivity index (χ2n) is 6.86. The first-order chi connectivity index (χ1) is 12.8. The van der Waals surface area contributed by atoms with Crippen LogP contribution in [0.2, 0.25) is 0 Å². The zero-order chi connectivity index (χ0) is 19.3. The minimum atomic E-state index is -3.71. The third-order valence-electron chi connectivity index (χ3n) is 5.03. The van der Waals surface area contributed by atoms with E-state index in [4.69, 9.17) is 0 Å². The summed E-state index contributed by atoms with van der Waals surface area (Å²) in [7, 11) is -0.665. The normalized spacial score (nSPS) is 16.9. The number of rotatable bonds is 3. The Bertz CT molecular complexity index is 1160. The number of aromatic hydroxyl groups is 1. The molecule has 2 heterocycles. The SMILES string of the molecule is Cc1cccc2c1C(c1c[nH]c3c(O)cccc13)N(S(=O)(=O)N(C)C)C=C2. The monoisotopic (exact) mass is 383 g/mol. The Hall–Kier alpha value is -2.77. The van der Waals surface area contributed by atoms with E-state index in [2.05, 4.69) is 4.98 Å². The van der Waals surface area contributed by atoms with Gasteiger partial charge in [0.05, 0.1) is 11.6 Å². The van der Waals surface area contributed by atoms with Crippen molar-refractivity contribution in [2.75, 3.05) is 14.1 Å². The molecule has 6 nitrogen and oxygen atoms in total. The number of aryl methyl sites for hydroxylation is 1. The van der Waals surface area contributed by atoms with Gasteiger partial charge >= 0.3 is 10.2 Å². The Morgan fingerprint density at radius 2 is 1.89 bits per heavy atom. The van der Waals surface area contributed by atoms with Gasteiger partial charge in [-0.1, -0.05) is 30.3 Å². The lowest BCUT2D eigenvalue weighted by Gasteiger charge is -2.36. The van der Waals surface area contributed by atoms with Crippen molar-refractivity contribution in [1.82, 2.24) is 13.6 Å². The first kappa shape index (κ1) is 17.6. The largest absolute Gasteiger partial charge is 0.506 e. The van der Waals surface area contributed by atoms with E-state index in [1.165, 1.54) is 22.7 Å². The number of H-pyrrole nitrogens is 1. The van der Waals surface area contributed by atoms with Gasteiger partial charge in [0.15, 0.2) is 0 Å². The molecule has 0 saturated heterocycles. The average molecular weight is 383 g/mol. The van der Waals surface area contributed by atoms with Gasteiger partial charge < -0.3 is 10.1 Å². The van der Waals surface area contributed by atoms with E-state index < -0.39 is 16.3 Å². The number of aromatic amines is 1. The molecule has 7 heteroatoms. The molecular weight excluding hydrogens is 362 g/mol. The molecule has 140 valence electrons. The van der Waals surface area contributed by atoms with Crippen LogP contribution in [0, 0.1) is 6.92 Å². The molecule has 0 amide bonds. The molecule has 2 N–H and O–H groups in total. The van der Waals surface area contributed by atoms with Crippen LogP contribution in [0.25, 0.3) is 17.0 Å². The second-order valence-corrected chi connectivity index (χ2v) is 8.91. The molecule has 3 aromatic rings. The number of phenols is 1. The Kier molecular flexibility index (Phi) is 4.01. The van der Waals surface area contributed by atoms with Crippen molar-refractivity contribution in [3.8, 4) is 5.75 Å². The van der Waals surface area contributed by atoms with E-state index in [0.717, 1.165) is 27.6 Å². The summed E-state index contributed by atoms with van der Waals surface area (Å²) in [6, 6.07) is 10.7. The van der Waals surface area contributed by atoms with Crippen molar-refractivity contribution in [1.29, 1.82) is 0 Å². The Morgan fingerprint density at radius 1 is 1.15 bits per heavy atom. The molecule has 1 aliphatic heterocycles. The van der Waals surface area contributed by atoms with Crippen LogP contribution in [0.1, 0.15) is 28.3 Å². The molecule has 0 radical (unpaired) electrons. The first-order valence-electron chi connectivity index (χ1n) is 8.60. The smallest absolute Gasteiger partial charge is 0.303 e. The second kappa shape index (κ2) is 6.14. The number of benzene rings is 2. The predicted molar refractivity (Wildman–Crippen MR) is 106 cm³/mol. The molecule has 0 saturated carbocycles. The van der Waals surface area contributed by atoms with Crippen LogP contribution in [0.15, 0.2) is 48.8 Å². The Labute approximate surface area is 158 Å². The van der Waals surface area contributed by atoms with E-state index in [9.17, 15) is 13.5 Å². The number of para-hydroxylation sites is 1. The van der Waals surface area contributed by atoms with Gasteiger partial charge in [0.2, 0.25) is 0 Å². The molecule has 0 aliphatic carbocycles. The molecule has 0 spiro atoms. The van der Waals surface area contributed by atoms with Crippen LogP contribution >= 0.6 is 0 Å². The van der Waals surface area contributed by atoms with Gasteiger partial charge in [-0.15, -0.1) is 0 Å². The standard InChI is InChI=1S/C20H21N3O3S/c1-13-6-4-7-14-10-11-23(27(25,26)22(2)3)20(18(13)14)16-12-21-19-15(16)8-5-9-17(19)24/h4-12,20-21,24H,1-3H3. The highest BCUT2D eigenvalue weighted by atomic mass is 32.2. The third kappa shape index (κ3) is 2.62. The maximum absolute atomic E-state index is 13.1. The van der Waals surface area contributed by atoms with Crippen LogP contribution < -0.4 is 0 Å². The molecule has 1 atom stereocenters. The molecule has 1 aromatic heterocycles. The van der Waals surface area contributed by atoms with Gasteiger partial charge in [0.25, 0.3) is 0 Å². The van der Waals surface area contributed by atoms with Crippen molar-refractivity contribution in [3.63, 3.8) is 0 Å². The lowest BCUT2D eigenvalue weighted by Crippen LogP contribution is -2.40. The lowest BCUT2D eigenvalue weighted by atomic mass is 9.89. The van der Waals surface area contributed by atoms with Gasteiger partial charge in [-0.2, -0.15) is 12.7 Å². The lowest BCUT2D eigenvalue weighted by molar-refractivity contribution is 0.403. The summed E-state index contributed by atoms with van der Waals surface area (Å²) in [5, 5.41) is 11.0. The molecule has 4 rings (SSSR count). The number of hydrogen-bond donors (Lipinski definition) is 2. The summed E-state index contributed by atoms with van der Waals surface area (Å²) in [5.41, 5.74) is 4.33. The number of phenolic OH excluding ortho intramolecular Hbond substituents is 1. The fourth-order valence-corrected chi connectivity index (χ4v) is 4.74. The Morgan fingerprint density at radius 3 is 2.63 bits per heavy atom. The molecule has 0 bridgehead atoms. The summed E-state index contributed by atoms with van der Waals surface area (Å²) < 4.78 is 28.7. The molecule has 1 unspecified atom stereocenters. The molecule has 0 fully saturated rings. The average Bonchev–Trinajstić information content (AvgIpc) is 3.06. The minimum Gasteiger partial charge on any atom is -0.506 e. The van der Waals surface area contributed by atoms with Crippen LogP contribution in [-0.2, 0) is 10.2 Å². The highest BCUT2D eigenvalue weighted by Gasteiger charge is 2.36. The van der Waals surface area contributed by atoms with Gasteiger partial charge in [0, 0.05) is 37.4 Å². The highest BCUT2D eigenvalue weighted by Crippen LogP contribution is 2.42. The quantitative estimate of drug-likeness (QED) is 0.728. The van der Waals surface area contributed by atoms with E-state index >= 15 is 0 Å². The van der Waals surface area contributed by atoms with Crippen LogP contribution in [0.5, 0.6) is 5.75 Å². The van der Waals surface area contributed by atoms with Crippen LogP contribution in [-0.4, -0.2) is 41.2 Å². The van der Waals surface area contributed by atoms with Crippen molar-refractivity contribution in [2.45, 2.75) is 13.0 Å². The number of nitrogens with one attached hydrogen (secondary N) is 1. The third-order valence-corrected chi connectivity index (χ3v) is 6.82. The van der Waals surface area contributed by atoms with Crippen LogP contribution in [0.3, 0.4) is 0 Å².